The van der Waals surface area contributed by atoms with Crippen molar-refractivity contribution in [2.24, 2.45) is 0 Å². The summed E-state index contributed by atoms with van der Waals surface area (Å²) in [6.45, 7) is 21.2. The Morgan fingerprint density at radius 1 is 0.455 bits per heavy atom. The number of hydrogen-bond donors (Lipinski definition) is 1. The molecule has 10 heteroatoms. The van der Waals surface area contributed by atoms with E-state index >= 15 is 13.2 Å². The van der Waals surface area contributed by atoms with Gasteiger partial charge in [-0.2, -0.15) is 4.86 Å². The molecule has 5 rings (SSSR count). The summed E-state index contributed by atoms with van der Waals surface area (Å²) in [6.07, 6.45) is 22.5. The molecular formula is C67H109F3NOP2Si3+. The van der Waals surface area contributed by atoms with Crippen molar-refractivity contribution in [2.45, 2.75) is 276 Å². The summed E-state index contributed by atoms with van der Waals surface area (Å²) in [5.74, 6) is -0.0176. The molecule has 0 radical (unpaired) electrons. The Kier molecular flexibility index (Phi) is 28.8. The maximum absolute atomic E-state index is 15.2. The fraction of sp³-hybridized carbons (Fsp3) is 0.642. The lowest BCUT2D eigenvalue weighted by atomic mass is 10.0. The fourth-order valence-electron chi connectivity index (χ4n) is 13.7. The normalized spacial score (nSPS) is 14.8. The van der Waals surface area contributed by atoms with Crippen LogP contribution in [0.25, 0.3) is 0 Å². The maximum Gasteiger partial charge on any atom is 0.573 e. The van der Waals surface area contributed by atoms with Crippen molar-refractivity contribution in [1.82, 2.24) is 4.86 Å². The van der Waals surface area contributed by atoms with Crippen LogP contribution in [0, 0.1) is 0 Å². The van der Waals surface area contributed by atoms with Crippen LogP contribution in [0.2, 0.25) is 54.4 Å². The van der Waals surface area contributed by atoms with Crippen molar-refractivity contribution < 1.29 is 17.9 Å². The summed E-state index contributed by atoms with van der Waals surface area (Å²) in [5, 5.41) is 9.44. The molecule has 1 aliphatic carbocycles. The van der Waals surface area contributed by atoms with E-state index in [9.17, 15) is 0 Å². The van der Waals surface area contributed by atoms with Crippen molar-refractivity contribution in [3.8, 4) is 5.75 Å². The van der Waals surface area contributed by atoms with Crippen LogP contribution in [0.1, 0.15) is 210 Å². The minimum atomic E-state index is -4.83. The highest BCUT2D eigenvalue weighted by atomic mass is 31.2. The third kappa shape index (κ3) is 18.0. The first-order valence-electron chi connectivity index (χ1n) is 32.0. The maximum atomic E-state index is 15.2. The lowest BCUT2D eigenvalue weighted by Crippen LogP contribution is -2.51. The van der Waals surface area contributed by atoms with Gasteiger partial charge in [0.25, 0.3) is 0 Å². The van der Waals surface area contributed by atoms with E-state index < -0.39 is 46.1 Å². The zero-order chi connectivity index (χ0) is 55.6. The Bertz CT molecular complexity index is 2130. The number of rotatable bonds is 38. The molecule has 1 N–H and O–H groups in total. The topological polar surface area (TPSA) is 21.3 Å². The number of para-hydroxylation sites is 1. The second kappa shape index (κ2) is 33.8. The van der Waals surface area contributed by atoms with Crippen LogP contribution in [-0.2, 0) is 0 Å². The molecule has 77 heavy (non-hydrogen) atoms. The smallest absolute Gasteiger partial charge is 0.401 e. The number of ether oxygens (including phenoxy) is 1. The average Bonchev–Trinajstić information content (AvgIpc) is 3.48. The summed E-state index contributed by atoms with van der Waals surface area (Å²) in [6, 6.07) is 49.1. The summed E-state index contributed by atoms with van der Waals surface area (Å²) < 4.78 is 50.8. The van der Waals surface area contributed by atoms with Gasteiger partial charge in [-0.15, -0.1) is 13.2 Å². The van der Waals surface area contributed by atoms with Gasteiger partial charge in [0.15, 0.2) is 18.5 Å². The van der Waals surface area contributed by atoms with E-state index in [-0.39, 0.29) is 11.4 Å². The molecule has 0 saturated heterocycles. The molecule has 0 aromatic heterocycles. The molecule has 1 atom stereocenters. The molecule has 0 spiro atoms. The van der Waals surface area contributed by atoms with Crippen LogP contribution < -0.4 is 46.4 Å². The van der Waals surface area contributed by atoms with E-state index in [0.717, 1.165) is 37.4 Å². The SMILES string of the molecule is CCCC[Si](CCCC)(CCCC)c1cccc(P(N[P+](c2cccc([Si](CCCC)(CCCC)CCCC)c2)(c2ccccc2OC(F)(F)F)C2CCCCC2)c2cccc([Si](CCCC)(CCCC)CCCC)c2)c1. The lowest BCUT2D eigenvalue weighted by molar-refractivity contribution is -0.274. The van der Waals surface area contributed by atoms with Crippen LogP contribution in [0.3, 0.4) is 0 Å². The number of halogens is 3. The highest BCUT2D eigenvalue weighted by molar-refractivity contribution is 7.96. The Balaban J connectivity index is 1.99. The molecule has 0 aliphatic heterocycles. The Morgan fingerprint density at radius 3 is 1.17 bits per heavy atom. The van der Waals surface area contributed by atoms with Crippen LogP contribution in [0.15, 0.2) is 97.1 Å². The fourth-order valence-corrected chi connectivity index (χ4v) is 39.6. The summed E-state index contributed by atoms with van der Waals surface area (Å²) in [5.41, 5.74) is 0.151. The van der Waals surface area contributed by atoms with Crippen molar-refractivity contribution in [1.29, 1.82) is 0 Å². The Hall–Kier alpha value is -2.06. The van der Waals surface area contributed by atoms with E-state index in [1.54, 1.807) is 22.5 Å². The minimum absolute atomic E-state index is 0.0176. The van der Waals surface area contributed by atoms with Gasteiger partial charge in [0.2, 0.25) is 0 Å². The highest BCUT2D eigenvalue weighted by Gasteiger charge is 2.56. The van der Waals surface area contributed by atoms with Crippen LogP contribution in [-0.4, -0.2) is 36.2 Å². The summed E-state index contributed by atoms with van der Waals surface area (Å²) in [4.78, 5) is 4.83. The monoisotopic (exact) mass is 1150 g/mol. The molecule has 4 aromatic rings. The second-order valence-electron chi connectivity index (χ2n) is 23.9. The molecule has 1 saturated carbocycles. The van der Waals surface area contributed by atoms with E-state index in [2.05, 4.69) is 141 Å². The second-order valence-corrected chi connectivity index (χ2v) is 43.5. The van der Waals surface area contributed by atoms with Gasteiger partial charge in [0, 0.05) is 0 Å². The molecular weight excluding hydrogens is 1040 g/mol. The Morgan fingerprint density at radius 2 is 0.805 bits per heavy atom. The molecule has 0 heterocycles. The average molecular weight is 1150 g/mol. The predicted octanol–water partition coefficient (Wildman–Crippen LogP) is 19.6. The van der Waals surface area contributed by atoms with Crippen molar-refractivity contribution in [2.75, 3.05) is 0 Å². The first kappa shape index (κ1) is 65.7. The first-order chi connectivity index (χ1) is 37.3. The zero-order valence-electron chi connectivity index (χ0n) is 50.4. The Labute approximate surface area is 475 Å². The molecule has 2 nitrogen and oxygen atoms in total. The van der Waals surface area contributed by atoms with E-state index in [4.69, 9.17) is 9.59 Å². The molecule has 0 amide bonds. The first-order valence-corrected chi connectivity index (χ1v) is 43.0. The van der Waals surface area contributed by atoms with Crippen LogP contribution in [0.4, 0.5) is 13.2 Å². The molecule has 1 unspecified atom stereocenters. The standard InChI is InChI=1S/C67H109F3NOP2Si3/c1-10-19-46-75(47-20-11-2,48-21-12-3)62-41-33-36-58(55-62)73(59-37-34-42-63(56-59)76(49-22-13-4,50-23-14-5)51-24-15-6)71-74(60-38-29-28-30-39-60,66-45-32-31-44-65(66)72-67(68,69)70)61-40-35-43-64(57-61)77(52-25-16-7,53-26-17-8)54-27-18-9/h31-37,40-45,55-57,60,71H,10-30,38-39,46-54H2,1-9H3/q+1. The van der Waals surface area contributed by atoms with E-state index in [1.165, 1.54) is 191 Å². The van der Waals surface area contributed by atoms with Crippen molar-refractivity contribution in [3.63, 3.8) is 0 Å². The van der Waals surface area contributed by atoms with E-state index in [1.807, 2.05) is 6.07 Å². The number of unbranched alkanes of at least 4 members (excludes halogenated alkanes) is 9. The van der Waals surface area contributed by atoms with Gasteiger partial charge < -0.3 is 4.74 Å². The molecule has 430 valence electrons. The van der Waals surface area contributed by atoms with Gasteiger partial charge in [-0.25, -0.2) is 0 Å². The number of hydrogen-bond acceptors (Lipinski definition) is 2. The van der Waals surface area contributed by atoms with E-state index in [0.29, 0.717) is 0 Å². The summed E-state index contributed by atoms with van der Waals surface area (Å²) in [7, 11) is -10.2. The third-order valence-electron chi connectivity index (χ3n) is 18.2. The molecule has 1 fully saturated rings. The lowest BCUT2D eigenvalue weighted by Gasteiger charge is -2.41. The quantitative estimate of drug-likeness (QED) is 0.0357. The van der Waals surface area contributed by atoms with Gasteiger partial charge >= 0.3 is 6.36 Å². The number of benzene rings is 4. The summed E-state index contributed by atoms with van der Waals surface area (Å²) >= 11 is 0. The van der Waals surface area contributed by atoms with Gasteiger partial charge in [0.05, 0.1) is 38.0 Å². The largest absolute Gasteiger partial charge is 0.573 e. The van der Waals surface area contributed by atoms with Gasteiger partial charge in [0.1, 0.15) is 5.30 Å². The molecule has 4 aromatic carbocycles. The molecule has 0 bridgehead atoms. The number of nitrogens with one attached hydrogen (secondary N) is 1. The highest BCUT2D eigenvalue weighted by Crippen LogP contribution is 2.66. The van der Waals surface area contributed by atoms with Gasteiger partial charge in [-0.1, -0.05) is 327 Å². The minimum Gasteiger partial charge on any atom is -0.401 e. The predicted molar refractivity (Wildman–Crippen MR) is 348 cm³/mol. The van der Waals surface area contributed by atoms with Crippen LogP contribution in [0.5, 0.6) is 5.75 Å². The van der Waals surface area contributed by atoms with Crippen LogP contribution >= 0.6 is 15.5 Å². The third-order valence-corrected chi connectivity index (χ3v) is 42.1. The van der Waals surface area contributed by atoms with Gasteiger partial charge in [-0.3, -0.25) is 0 Å². The number of alkyl halides is 3. The zero-order valence-corrected chi connectivity index (χ0v) is 55.2. The van der Waals surface area contributed by atoms with Crippen molar-refractivity contribution in [3.05, 3.63) is 97.1 Å². The van der Waals surface area contributed by atoms with Gasteiger partial charge in [-0.05, 0) is 60.6 Å². The van der Waals surface area contributed by atoms with Crippen molar-refractivity contribution >= 4 is 76.5 Å². The molecule has 1 aliphatic rings.